The number of carbonyl (C=O) groups is 1. The molecule has 1 amide bonds. The summed E-state index contributed by atoms with van der Waals surface area (Å²) in [5.41, 5.74) is 0.902. The zero-order chi connectivity index (χ0) is 13.8. The summed E-state index contributed by atoms with van der Waals surface area (Å²) in [5, 5.41) is 0. The molecule has 0 aliphatic carbocycles. The summed E-state index contributed by atoms with van der Waals surface area (Å²) in [6.45, 7) is 6.57. The van der Waals surface area contributed by atoms with E-state index in [9.17, 15) is 4.79 Å². The Balaban J connectivity index is 2.52. The highest BCUT2D eigenvalue weighted by Gasteiger charge is 2.24. The lowest BCUT2D eigenvalue weighted by molar-refractivity contribution is -0.138. The molecule has 1 aromatic rings. The van der Waals surface area contributed by atoms with Crippen molar-refractivity contribution in [2.24, 2.45) is 5.41 Å². The zero-order valence-electron chi connectivity index (χ0n) is 12.0. The van der Waals surface area contributed by atoms with Gasteiger partial charge in [-0.3, -0.25) is 4.79 Å². The molecule has 3 nitrogen and oxygen atoms in total. The minimum absolute atomic E-state index is 0.177. The Morgan fingerprint density at radius 3 is 2.22 bits per heavy atom. The molecule has 0 spiro atoms. The molecule has 0 saturated carbocycles. The number of hydrogen-bond donors (Lipinski definition) is 0. The van der Waals surface area contributed by atoms with E-state index >= 15 is 0 Å². The molecule has 0 N–H and O–H groups in total. The van der Waals surface area contributed by atoms with Crippen LogP contribution in [-0.2, 0) is 11.2 Å². The fourth-order valence-electron chi connectivity index (χ4n) is 1.76. The minimum Gasteiger partial charge on any atom is -0.497 e. The number of hydrogen-bond acceptors (Lipinski definition) is 2. The maximum absolute atomic E-state index is 12.0. The fraction of sp³-hybridized carbons (Fsp3) is 0.533. The smallest absolute Gasteiger partial charge is 0.227 e. The minimum atomic E-state index is -0.311. The maximum Gasteiger partial charge on any atom is 0.227 e. The maximum atomic E-state index is 12.0. The lowest BCUT2D eigenvalue weighted by atomic mass is 9.95. The first kappa shape index (κ1) is 14.6. The first-order valence-corrected chi connectivity index (χ1v) is 6.23. The van der Waals surface area contributed by atoms with Crippen molar-refractivity contribution < 1.29 is 9.53 Å². The van der Waals surface area contributed by atoms with Crippen molar-refractivity contribution in [2.75, 3.05) is 20.7 Å². The molecule has 0 fully saturated rings. The summed E-state index contributed by atoms with van der Waals surface area (Å²) < 4.78 is 5.11. The molecule has 0 atom stereocenters. The van der Waals surface area contributed by atoms with Crippen LogP contribution in [0.25, 0.3) is 0 Å². The molecule has 0 saturated heterocycles. The molecule has 3 heteroatoms. The molecule has 18 heavy (non-hydrogen) atoms. The van der Waals surface area contributed by atoms with Crippen molar-refractivity contribution in [3.05, 3.63) is 29.8 Å². The molecule has 0 bridgehead atoms. The van der Waals surface area contributed by atoms with Crippen LogP contribution in [0.2, 0.25) is 0 Å². The van der Waals surface area contributed by atoms with Crippen LogP contribution in [0, 0.1) is 5.41 Å². The molecule has 0 unspecified atom stereocenters. The molecule has 1 aromatic carbocycles. The van der Waals surface area contributed by atoms with Crippen molar-refractivity contribution in [1.82, 2.24) is 4.90 Å². The molecule has 0 heterocycles. The van der Waals surface area contributed by atoms with Gasteiger partial charge in [-0.1, -0.05) is 32.9 Å². The van der Waals surface area contributed by atoms with Crippen LogP contribution in [0.15, 0.2) is 24.3 Å². The third-order valence-electron chi connectivity index (χ3n) is 2.88. The van der Waals surface area contributed by atoms with Gasteiger partial charge >= 0.3 is 0 Å². The average Bonchev–Trinajstić information content (AvgIpc) is 2.34. The van der Waals surface area contributed by atoms with Gasteiger partial charge in [0.2, 0.25) is 5.91 Å². The molecule has 0 aliphatic heterocycles. The average molecular weight is 249 g/mol. The molecule has 0 radical (unpaired) electrons. The normalized spacial score (nSPS) is 11.2. The van der Waals surface area contributed by atoms with Crippen molar-refractivity contribution in [3.8, 4) is 5.75 Å². The summed E-state index contributed by atoms with van der Waals surface area (Å²) in [4.78, 5) is 13.8. The van der Waals surface area contributed by atoms with E-state index in [0.29, 0.717) is 0 Å². The van der Waals surface area contributed by atoms with E-state index in [4.69, 9.17) is 4.74 Å². The van der Waals surface area contributed by atoms with E-state index in [-0.39, 0.29) is 11.3 Å². The quantitative estimate of drug-likeness (QED) is 0.821. The number of likely N-dealkylation sites (N-methyl/N-ethyl adjacent to an activating group) is 1. The fourth-order valence-corrected chi connectivity index (χ4v) is 1.76. The zero-order valence-corrected chi connectivity index (χ0v) is 12.0. The van der Waals surface area contributed by atoms with Crippen LogP contribution in [0.4, 0.5) is 0 Å². The predicted octanol–water partition coefficient (Wildman–Crippen LogP) is 2.74. The molecule has 0 aromatic heterocycles. The van der Waals surface area contributed by atoms with Gasteiger partial charge in [-0.15, -0.1) is 0 Å². The Morgan fingerprint density at radius 1 is 1.22 bits per heavy atom. The standard InChI is InChI=1S/C15H23NO2/c1-15(2,3)14(17)16(4)11-10-12-6-8-13(18-5)9-7-12/h6-9H,10-11H2,1-5H3. The van der Waals surface area contributed by atoms with Crippen molar-refractivity contribution in [1.29, 1.82) is 0 Å². The molecule has 1 rings (SSSR count). The third-order valence-corrected chi connectivity index (χ3v) is 2.88. The number of amides is 1. The topological polar surface area (TPSA) is 29.5 Å². The van der Waals surface area contributed by atoms with Crippen molar-refractivity contribution in [3.63, 3.8) is 0 Å². The van der Waals surface area contributed by atoms with Crippen molar-refractivity contribution >= 4 is 5.91 Å². The van der Waals surface area contributed by atoms with Crippen LogP contribution in [0.1, 0.15) is 26.3 Å². The number of ether oxygens (including phenoxy) is 1. The predicted molar refractivity (Wildman–Crippen MR) is 73.8 cm³/mol. The monoisotopic (exact) mass is 249 g/mol. The van der Waals surface area contributed by atoms with Crippen molar-refractivity contribution in [2.45, 2.75) is 27.2 Å². The first-order chi connectivity index (χ1) is 8.34. The Hall–Kier alpha value is -1.51. The number of rotatable bonds is 4. The Kier molecular flexibility index (Phi) is 4.76. The summed E-state index contributed by atoms with van der Waals surface area (Å²) in [7, 11) is 3.52. The summed E-state index contributed by atoms with van der Waals surface area (Å²) in [6, 6.07) is 7.96. The van der Waals surface area contributed by atoms with Gasteiger partial charge in [0, 0.05) is 19.0 Å². The van der Waals surface area contributed by atoms with E-state index in [2.05, 4.69) is 0 Å². The number of benzene rings is 1. The summed E-state index contributed by atoms with van der Waals surface area (Å²) >= 11 is 0. The van der Waals surface area contributed by atoms with E-state index in [0.717, 1.165) is 18.7 Å². The van der Waals surface area contributed by atoms with E-state index in [1.165, 1.54) is 5.56 Å². The van der Waals surface area contributed by atoms with Crippen LogP contribution >= 0.6 is 0 Å². The lowest BCUT2D eigenvalue weighted by Crippen LogP contribution is -2.37. The highest BCUT2D eigenvalue weighted by Crippen LogP contribution is 2.17. The Labute approximate surface area is 110 Å². The SMILES string of the molecule is COc1ccc(CCN(C)C(=O)C(C)(C)C)cc1. The van der Waals surface area contributed by atoms with E-state index in [1.807, 2.05) is 52.1 Å². The molecular formula is C15H23NO2. The third kappa shape index (κ3) is 4.06. The number of carbonyl (C=O) groups excluding carboxylic acids is 1. The van der Waals surface area contributed by atoms with Gasteiger partial charge in [-0.2, -0.15) is 0 Å². The molecule has 0 aliphatic rings. The number of methoxy groups -OCH3 is 1. The van der Waals surface area contributed by atoms with Gasteiger partial charge in [-0.05, 0) is 24.1 Å². The van der Waals surface area contributed by atoms with Gasteiger partial charge in [0.1, 0.15) is 5.75 Å². The van der Waals surface area contributed by atoms with Crippen LogP contribution < -0.4 is 4.74 Å². The van der Waals surface area contributed by atoms with Crippen LogP contribution in [-0.4, -0.2) is 31.5 Å². The van der Waals surface area contributed by atoms with Gasteiger partial charge in [-0.25, -0.2) is 0 Å². The Morgan fingerprint density at radius 2 is 1.78 bits per heavy atom. The molecule has 100 valence electrons. The van der Waals surface area contributed by atoms with E-state index in [1.54, 1.807) is 12.0 Å². The summed E-state index contributed by atoms with van der Waals surface area (Å²) in [5.74, 6) is 1.04. The highest BCUT2D eigenvalue weighted by atomic mass is 16.5. The van der Waals surface area contributed by atoms with Gasteiger partial charge in [0.25, 0.3) is 0 Å². The lowest BCUT2D eigenvalue weighted by Gasteiger charge is -2.26. The largest absolute Gasteiger partial charge is 0.497 e. The van der Waals surface area contributed by atoms with Crippen LogP contribution in [0.5, 0.6) is 5.75 Å². The molecular weight excluding hydrogens is 226 g/mol. The van der Waals surface area contributed by atoms with Gasteiger partial charge < -0.3 is 9.64 Å². The highest BCUT2D eigenvalue weighted by molar-refractivity contribution is 5.81. The second-order valence-corrected chi connectivity index (χ2v) is 5.57. The first-order valence-electron chi connectivity index (χ1n) is 6.23. The van der Waals surface area contributed by atoms with Crippen LogP contribution in [0.3, 0.4) is 0 Å². The van der Waals surface area contributed by atoms with Gasteiger partial charge in [0.15, 0.2) is 0 Å². The van der Waals surface area contributed by atoms with E-state index < -0.39 is 0 Å². The summed E-state index contributed by atoms with van der Waals surface area (Å²) in [6.07, 6.45) is 0.863. The second kappa shape index (κ2) is 5.89. The van der Waals surface area contributed by atoms with Gasteiger partial charge in [0.05, 0.1) is 7.11 Å². The number of nitrogens with zero attached hydrogens (tertiary/aromatic N) is 1. The Bertz CT molecular complexity index is 390. The second-order valence-electron chi connectivity index (χ2n) is 5.57.